The first-order chi connectivity index (χ1) is 11.7. The number of carbonyl (C=O) groups is 2. The number of esters is 1. The molecule has 0 radical (unpaired) electrons. The number of Topliss-reactive ketones (excluding diaryl/α,β-unsaturated/α-hetero) is 1. The Kier molecular flexibility index (Phi) is 5.02. The van der Waals surface area contributed by atoms with E-state index in [9.17, 15) is 19.8 Å². The summed E-state index contributed by atoms with van der Waals surface area (Å²) in [5.41, 5.74) is -0.559. The van der Waals surface area contributed by atoms with Gasteiger partial charge in [-0.1, -0.05) is 13.8 Å². The van der Waals surface area contributed by atoms with Crippen molar-refractivity contribution in [3.63, 3.8) is 0 Å². The van der Waals surface area contributed by atoms with E-state index >= 15 is 0 Å². The van der Waals surface area contributed by atoms with Crippen LogP contribution in [0.25, 0.3) is 0 Å². The largest absolute Gasteiger partial charge is 0.462 e. The van der Waals surface area contributed by atoms with Gasteiger partial charge in [0.05, 0.1) is 6.10 Å². The van der Waals surface area contributed by atoms with Gasteiger partial charge in [0, 0.05) is 37.2 Å². The molecule has 5 heteroatoms. The molecule has 142 valence electrons. The average molecular weight is 352 g/mol. The van der Waals surface area contributed by atoms with Crippen molar-refractivity contribution in [1.29, 1.82) is 0 Å². The third kappa shape index (κ3) is 3.03. The molecule has 3 aliphatic rings. The summed E-state index contributed by atoms with van der Waals surface area (Å²) in [6.45, 7) is 5.70. The summed E-state index contributed by atoms with van der Waals surface area (Å²) in [4.78, 5) is 24.3. The van der Waals surface area contributed by atoms with Gasteiger partial charge in [-0.2, -0.15) is 0 Å². The van der Waals surface area contributed by atoms with Gasteiger partial charge in [0.25, 0.3) is 0 Å². The van der Waals surface area contributed by atoms with E-state index in [1.807, 2.05) is 6.92 Å². The smallest absolute Gasteiger partial charge is 0.302 e. The molecule has 3 aliphatic carbocycles. The third-order valence-corrected chi connectivity index (χ3v) is 7.78. The lowest BCUT2D eigenvalue weighted by atomic mass is 9.52. The molecule has 0 heterocycles. The van der Waals surface area contributed by atoms with Gasteiger partial charge in [-0.25, -0.2) is 0 Å². The lowest BCUT2D eigenvalue weighted by Gasteiger charge is -2.55. The first-order valence-corrected chi connectivity index (χ1v) is 9.72. The second-order valence-electron chi connectivity index (χ2n) is 9.02. The second kappa shape index (κ2) is 6.66. The van der Waals surface area contributed by atoms with Crippen molar-refractivity contribution in [2.24, 2.45) is 28.6 Å². The predicted molar refractivity (Wildman–Crippen MR) is 92.7 cm³/mol. The van der Waals surface area contributed by atoms with Crippen molar-refractivity contribution >= 4 is 11.8 Å². The first kappa shape index (κ1) is 18.8. The fraction of sp³-hybridized carbons (Fsp3) is 0.900. The molecule has 3 rings (SSSR count). The van der Waals surface area contributed by atoms with Crippen LogP contribution in [-0.2, 0) is 14.3 Å². The number of ketones is 1. The highest BCUT2D eigenvalue weighted by molar-refractivity contribution is 5.87. The van der Waals surface area contributed by atoms with Crippen molar-refractivity contribution < 1.29 is 24.5 Å². The molecule has 0 aliphatic heterocycles. The maximum absolute atomic E-state index is 12.5. The molecule has 0 saturated heterocycles. The standard InChI is InChI=1S/C20H32O5/c1-12(22)25-18-15-4-5-17(24)20(15,3)9-7-16(18)19(2)8-6-14(23)10-13(19)11-21/h13-16,18,21,23H,4-11H2,1-3H3/t13-,14+,15?,16?,18+,19+,20+/m1/s1. The SMILES string of the molecule is CC(=O)O[C@H]1C2CCC(=O)[C@@]2(C)CCC1[C@@]1(C)CC[C@H](O)C[C@@H]1CO. The summed E-state index contributed by atoms with van der Waals surface area (Å²) in [6, 6.07) is 0. The van der Waals surface area contributed by atoms with Crippen LogP contribution in [0.2, 0.25) is 0 Å². The number of aliphatic hydroxyl groups is 2. The van der Waals surface area contributed by atoms with E-state index in [-0.39, 0.29) is 53.4 Å². The summed E-state index contributed by atoms with van der Waals surface area (Å²) in [5, 5.41) is 20.0. The molecule has 0 aromatic rings. The van der Waals surface area contributed by atoms with Gasteiger partial charge in [-0.05, 0) is 49.9 Å². The Morgan fingerprint density at radius 2 is 1.92 bits per heavy atom. The average Bonchev–Trinajstić information content (AvgIpc) is 2.85. The van der Waals surface area contributed by atoms with Gasteiger partial charge in [-0.3, -0.25) is 9.59 Å². The van der Waals surface area contributed by atoms with E-state index in [2.05, 4.69) is 6.92 Å². The van der Waals surface area contributed by atoms with Crippen molar-refractivity contribution in [1.82, 2.24) is 0 Å². The van der Waals surface area contributed by atoms with Crippen molar-refractivity contribution in [2.75, 3.05) is 6.61 Å². The molecule has 0 aromatic carbocycles. The zero-order valence-corrected chi connectivity index (χ0v) is 15.7. The topological polar surface area (TPSA) is 83.8 Å². The van der Waals surface area contributed by atoms with Crippen LogP contribution in [-0.4, -0.2) is 40.8 Å². The number of hydrogen-bond acceptors (Lipinski definition) is 5. The van der Waals surface area contributed by atoms with E-state index < -0.39 is 0 Å². The van der Waals surface area contributed by atoms with Gasteiger partial charge in [-0.15, -0.1) is 0 Å². The predicted octanol–water partition coefficient (Wildman–Crippen LogP) is 2.47. The summed E-state index contributed by atoms with van der Waals surface area (Å²) in [6.07, 6.45) is 4.52. The van der Waals surface area contributed by atoms with Crippen LogP contribution in [0.5, 0.6) is 0 Å². The van der Waals surface area contributed by atoms with Crippen LogP contribution in [0.1, 0.15) is 65.7 Å². The molecule has 2 unspecified atom stereocenters. The first-order valence-electron chi connectivity index (χ1n) is 9.72. The molecule has 0 amide bonds. The van der Waals surface area contributed by atoms with Crippen LogP contribution in [0.15, 0.2) is 0 Å². The summed E-state index contributed by atoms with van der Waals surface area (Å²) < 4.78 is 5.83. The van der Waals surface area contributed by atoms with E-state index in [1.54, 1.807) is 0 Å². The molecule has 0 aromatic heterocycles. The monoisotopic (exact) mass is 352 g/mol. The Morgan fingerprint density at radius 3 is 2.56 bits per heavy atom. The lowest BCUT2D eigenvalue weighted by molar-refractivity contribution is -0.178. The summed E-state index contributed by atoms with van der Waals surface area (Å²) in [5.74, 6) is 0.214. The number of carbonyl (C=O) groups excluding carboxylic acids is 2. The maximum Gasteiger partial charge on any atom is 0.302 e. The number of hydrogen-bond donors (Lipinski definition) is 2. The highest BCUT2D eigenvalue weighted by atomic mass is 16.5. The van der Waals surface area contributed by atoms with Crippen molar-refractivity contribution in [3.8, 4) is 0 Å². The molecule has 0 bridgehead atoms. The fourth-order valence-electron chi connectivity index (χ4n) is 6.08. The van der Waals surface area contributed by atoms with Gasteiger partial charge in [0.1, 0.15) is 11.9 Å². The number of aliphatic hydroxyl groups excluding tert-OH is 2. The van der Waals surface area contributed by atoms with E-state index in [0.29, 0.717) is 18.6 Å². The van der Waals surface area contributed by atoms with Crippen LogP contribution >= 0.6 is 0 Å². The molecule has 7 atom stereocenters. The zero-order valence-electron chi connectivity index (χ0n) is 15.7. The van der Waals surface area contributed by atoms with Crippen LogP contribution in [0, 0.1) is 28.6 Å². The number of fused-ring (bicyclic) bond motifs is 1. The minimum atomic E-state index is -0.379. The minimum Gasteiger partial charge on any atom is -0.462 e. The van der Waals surface area contributed by atoms with Crippen LogP contribution in [0.4, 0.5) is 0 Å². The van der Waals surface area contributed by atoms with Gasteiger partial charge >= 0.3 is 5.97 Å². The Bertz CT molecular complexity index is 546. The molecular weight excluding hydrogens is 320 g/mol. The lowest BCUT2D eigenvalue weighted by Crippen LogP contribution is -2.55. The Labute approximate surface area is 150 Å². The highest BCUT2D eigenvalue weighted by Crippen LogP contribution is 2.59. The summed E-state index contributed by atoms with van der Waals surface area (Å²) >= 11 is 0. The minimum absolute atomic E-state index is 0.000712. The highest BCUT2D eigenvalue weighted by Gasteiger charge is 2.59. The normalized spacial score (nSPS) is 47.4. The number of ether oxygens (including phenoxy) is 1. The molecule has 0 spiro atoms. The Hall–Kier alpha value is -0.940. The van der Waals surface area contributed by atoms with Crippen molar-refractivity contribution in [3.05, 3.63) is 0 Å². The molecule has 5 nitrogen and oxygen atoms in total. The Balaban J connectivity index is 1.94. The van der Waals surface area contributed by atoms with Crippen molar-refractivity contribution in [2.45, 2.75) is 77.9 Å². The second-order valence-corrected chi connectivity index (χ2v) is 9.02. The van der Waals surface area contributed by atoms with E-state index in [0.717, 1.165) is 32.1 Å². The van der Waals surface area contributed by atoms with Gasteiger partial charge < -0.3 is 14.9 Å². The Morgan fingerprint density at radius 1 is 1.20 bits per heavy atom. The quantitative estimate of drug-likeness (QED) is 0.762. The molecule has 2 N–H and O–H groups in total. The summed E-state index contributed by atoms with van der Waals surface area (Å²) in [7, 11) is 0. The molecule has 25 heavy (non-hydrogen) atoms. The van der Waals surface area contributed by atoms with Crippen LogP contribution in [0.3, 0.4) is 0 Å². The van der Waals surface area contributed by atoms with Gasteiger partial charge in [0.15, 0.2) is 0 Å². The van der Waals surface area contributed by atoms with E-state index in [1.165, 1.54) is 6.92 Å². The van der Waals surface area contributed by atoms with Crippen LogP contribution < -0.4 is 0 Å². The third-order valence-electron chi connectivity index (χ3n) is 7.78. The molecule has 3 fully saturated rings. The fourth-order valence-corrected chi connectivity index (χ4v) is 6.08. The molecule has 3 saturated carbocycles. The number of rotatable bonds is 3. The zero-order chi connectivity index (χ0) is 18.4. The van der Waals surface area contributed by atoms with E-state index in [4.69, 9.17) is 4.74 Å². The molecular formula is C20H32O5. The maximum atomic E-state index is 12.5. The van der Waals surface area contributed by atoms with Gasteiger partial charge in [0.2, 0.25) is 0 Å².